The van der Waals surface area contributed by atoms with Gasteiger partial charge >= 0.3 is 6.03 Å². The van der Waals surface area contributed by atoms with Gasteiger partial charge in [-0.2, -0.15) is 0 Å². The largest absolute Gasteiger partial charge is 0.343 e. The van der Waals surface area contributed by atoms with Crippen molar-refractivity contribution in [2.24, 2.45) is 0 Å². The molecule has 0 aromatic heterocycles. The molecule has 0 saturated carbocycles. The number of carbonyl (C=O) groups is 3. The van der Waals surface area contributed by atoms with Crippen LogP contribution in [0.2, 0.25) is 0 Å². The SMILES string of the molecule is O=C1C(=Cc2ccccc2Cc2ccccc2Br)C(=O)N(c2ccccc2)C(=O)N1c1ccccc1. The maximum absolute atomic E-state index is 13.6. The number of rotatable bonds is 5. The molecule has 5 rings (SSSR count). The second kappa shape index (κ2) is 10.1. The molecule has 0 atom stereocenters. The first kappa shape index (κ1) is 23.5. The first-order chi connectivity index (χ1) is 17.5. The summed E-state index contributed by atoms with van der Waals surface area (Å²) in [5.74, 6) is -1.31. The fourth-order valence-electron chi connectivity index (χ4n) is 4.18. The maximum atomic E-state index is 13.6. The van der Waals surface area contributed by atoms with Crippen molar-refractivity contribution in [3.8, 4) is 0 Å². The summed E-state index contributed by atoms with van der Waals surface area (Å²) in [5, 5.41) is 0. The number of carbonyl (C=O) groups excluding carboxylic acids is 3. The van der Waals surface area contributed by atoms with E-state index in [1.807, 2.05) is 48.5 Å². The Labute approximate surface area is 217 Å². The summed E-state index contributed by atoms with van der Waals surface area (Å²) < 4.78 is 0.980. The number of hydrogen-bond donors (Lipinski definition) is 0. The van der Waals surface area contributed by atoms with Crippen molar-refractivity contribution in [2.75, 3.05) is 9.80 Å². The molecule has 0 bridgehead atoms. The highest BCUT2D eigenvalue weighted by molar-refractivity contribution is 9.10. The highest BCUT2D eigenvalue weighted by atomic mass is 79.9. The third-order valence-corrected chi connectivity index (χ3v) is 6.75. The van der Waals surface area contributed by atoms with Gasteiger partial charge in [0.25, 0.3) is 11.8 Å². The predicted molar refractivity (Wildman–Crippen MR) is 145 cm³/mol. The standard InChI is InChI=1S/C30H21BrN2O3/c31-27-18-10-9-13-23(27)19-21-11-7-8-12-22(21)20-26-28(34)32(24-14-3-1-4-15-24)30(36)33(29(26)35)25-16-5-2-6-17-25/h1-18,20H,19H2. The normalized spacial score (nSPS) is 13.8. The molecule has 36 heavy (non-hydrogen) atoms. The minimum atomic E-state index is -0.707. The van der Waals surface area contributed by atoms with Gasteiger partial charge in [-0.25, -0.2) is 14.6 Å². The van der Waals surface area contributed by atoms with Gasteiger partial charge in [-0.15, -0.1) is 0 Å². The van der Waals surface area contributed by atoms with E-state index >= 15 is 0 Å². The lowest BCUT2D eigenvalue weighted by molar-refractivity contribution is -0.121. The monoisotopic (exact) mass is 536 g/mol. The minimum absolute atomic E-state index is 0.0816. The van der Waals surface area contributed by atoms with Crippen LogP contribution in [0, 0.1) is 0 Å². The van der Waals surface area contributed by atoms with E-state index in [1.165, 1.54) is 0 Å². The van der Waals surface area contributed by atoms with Crippen LogP contribution >= 0.6 is 15.9 Å². The van der Waals surface area contributed by atoms with E-state index in [-0.39, 0.29) is 5.57 Å². The van der Waals surface area contributed by atoms with E-state index in [1.54, 1.807) is 66.7 Å². The molecule has 0 N–H and O–H groups in total. The molecule has 1 saturated heterocycles. The average Bonchev–Trinajstić information content (AvgIpc) is 2.90. The Morgan fingerprint density at radius 1 is 0.583 bits per heavy atom. The quantitative estimate of drug-likeness (QED) is 0.212. The molecule has 0 radical (unpaired) electrons. The second-order valence-corrected chi connectivity index (χ2v) is 9.11. The summed E-state index contributed by atoms with van der Waals surface area (Å²) in [7, 11) is 0. The average molecular weight is 537 g/mol. The van der Waals surface area contributed by atoms with Gasteiger partial charge in [0.05, 0.1) is 11.4 Å². The van der Waals surface area contributed by atoms with Crippen LogP contribution in [0.15, 0.2) is 119 Å². The molecule has 1 fully saturated rings. The second-order valence-electron chi connectivity index (χ2n) is 8.26. The number of barbiturate groups is 1. The van der Waals surface area contributed by atoms with E-state index in [0.717, 1.165) is 31.0 Å². The summed E-state index contributed by atoms with van der Waals surface area (Å²) in [6, 6.07) is 32.1. The Balaban J connectivity index is 1.62. The number of nitrogens with zero attached hydrogens (tertiary/aromatic N) is 2. The molecule has 0 unspecified atom stereocenters. The number of imide groups is 2. The lowest BCUT2D eigenvalue weighted by Crippen LogP contribution is -2.57. The van der Waals surface area contributed by atoms with Crippen molar-refractivity contribution >= 4 is 51.2 Å². The van der Waals surface area contributed by atoms with Crippen LogP contribution < -0.4 is 9.80 Å². The molecule has 176 valence electrons. The zero-order valence-corrected chi connectivity index (χ0v) is 20.8. The molecule has 1 heterocycles. The zero-order chi connectivity index (χ0) is 25.1. The van der Waals surface area contributed by atoms with Crippen LogP contribution in [0.3, 0.4) is 0 Å². The van der Waals surface area contributed by atoms with Crippen LogP contribution in [0.4, 0.5) is 16.2 Å². The van der Waals surface area contributed by atoms with Gasteiger partial charge in [-0.1, -0.05) is 94.8 Å². The highest BCUT2D eigenvalue weighted by Crippen LogP contribution is 2.30. The van der Waals surface area contributed by atoms with Gasteiger partial charge in [-0.3, -0.25) is 9.59 Å². The summed E-state index contributed by atoms with van der Waals surface area (Å²) in [4.78, 5) is 42.8. The lowest BCUT2D eigenvalue weighted by Gasteiger charge is -2.34. The van der Waals surface area contributed by atoms with E-state index in [9.17, 15) is 14.4 Å². The molecule has 1 aliphatic rings. The number of anilines is 2. The molecule has 6 heteroatoms. The van der Waals surface area contributed by atoms with Crippen molar-refractivity contribution in [3.63, 3.8) is 0 Å². The molecule has 5 nitrogen and oxygen atoms in total. The number of para-hydroxylation sites is 2. The minimum Gasteiger partial charge on any atom is -0.268 e. The number of benzene rings is 4. The summed E-state index contributed by atoms with van der Waals surface area (Å²) in [6.45, 7) is 0. The Morgan fingerprint density at radius 2 is 1.06 bits per heavy atom. The fraction of sp³-hybridized carbons (Fsp3) is 0.0333. The van der Waals surface area contributed by atoms with Crippen LogP contribution in [0.1, 0.15) is 16.7 Å². The lowest BCUT2D eigenvalue weighted by atomic mass is 9.97. The highest BCUT2D eigenvalue weighted by Gasteiger charge is 2.43. The van der Waals surface area contributed by atoms with Crippen LogP contribution in [-0.2, 0) is 16.0 Å². The zero-order valence-electron chi connectivity index (χ0n) is 19.2. The van der Waals surface area contributed by atoms with Crippen LogP contribution in [0.5, 0.6) is 0 Å². The predicted octanol–water partition coefficient (Wildman–Crippen LogP) is 6.62. The third-order valence-electron chi connectivity index (χ3n) is 5.97. The van der Waals surface area contributed by atoms with Crippen molar-refractivity contribution in [2.45, 2.75) is 6.42 Å². The van der Waals surface area contributed by atoms with E-state index in [0.29, 0.717) is 17.8 Å². The molecule has 0 aliphatic carbocycles. The number of halogens is 1. The molecule has 4 aromatic carbocycles. The van der Waals surface area contributed by atoms with Crippen LogP contribution in [-0.4, -0.2) is 17.8 Å². The maximum Gasteiger partial charge on any atom is 0.343 e. The van der Waals surface area contributed by atoms with E-state index < -0.39 is 17.8 Å². The Kier molecular flexibility index (Phi) is 6.60. The van der Waals surface area contributed by atoms with Gasteiger partial charge in [0.1, 0.15) is 5.57 Å². The molecular weight excluding hydrogens is 516 g/mol. The van der Waals surface area contributed by atoms with Crippen molar-refractivity contribution < 1.29 is 14.4 Å². The molecular formula is C30H21BrN2O3. The summed E-state index contributed by atoms with van der Waals surface area (Å²) in [5.41, 5.74) is 3.48. The van der Waals surface area contributed by atoms with E-state index in [2.05, 4.69) is 15.9 Å². The molecule has 4 aromatic rings. The number of amides is 4. The van der Waals surface area contributed by atoms with Crippen molar-refractivity contribution in [3.05, 3.63) is 136 Å². The smallest absolute Gasteiger partial charge is 0.268 e. The van der Waals surface area contributed by atoms with Crippen LogP contribution in [0.25, 0.3) is 6.08 Å². The first-order valence-electron chi connectivity index (χ1n) is 11.4. The van der Waals surface area contributed by atoms with Gasteiger partial charge in [0, 0.05) is 4.47 Å². The third kappa shape index (κ3) is 4.51. The number of urea groups is 1. The van der Waals surface area contributed by atoms with Gasteiger partial charge in [0.2, 0.25) is 0 Å². The first-order valence-corrected chi connectivity index (χ1v) is 12.2. The molecule has 1 aliphatic heterocycles. The van der Waals surface area contributed by atoms with Gasteiger partial charge < -0.3 is 0 Å². The van der Waals surface area contributed by atoms with Gasteiger partial charge in [0.15, 0.2) is 0 Å². The fourth-order valence-corrected chi connectivity index (χ4v) is 4.60. The van der Waals surface area contributed by atoms with Crippen molar-refractivity contribution in [1.29, 1.82) is 0 Å². The molecule has 4 amide bonds. The molecule has 0 spiro atoms. The summed E-state index contributed by atoms with van der Waals surface area (Å²) >= 11 is 3.60. The van der Waals surface area contributed by atoms with Crippen molar-refractivity contribution in [1.82, 2.24) is 0 Å². The number of hydrogen-bond acceptors (Lipinski definition) is 3. The van der Waals surface area contributed by atoms with E-state index in [4.69, 9.17) is 0 Å². The Bertz CT molecular complexity index is 1420. The summed E-state index contributed by atoms with van der Waals surface area (Å²) in [6.07, 6.45) is 2.20. The Morgan fingerprint density at radius 3 is 1.61 bits per heavy atom. The topological polar surface area (TPSA) is 57.7 Å². The Hall–Kier alpha value is -4.29. The van der Waals surface area contributed by atoms with Gasteiger partial charge in [-0.05, 0) is 59.5 Å².